The Bertz CT molecular complexity index is 4630. The van der Waals surface area contributed by atoms with Crippen LogP contribution >= 0.6 is 0 Å². The molecule has 6 aromatic carbocycles. The first-order chi connectivity index (χ1) is 53.1. The number of unbranched alkanes of at least 4 members (excludes halogenated alkanes) is 1. The van der Waals surface area contributed by atoms with Crippen LogP contribution in [0.15, 0.2) is 151 Å². The fourth-order valence-corrected chi connectivity index (χ4v) is 14.8. The largest absolute Gasteiger partial charge is 0.510 e. The highest BCUT2D eigenvalue weighted by molar-refractivity contribution is 6.02. The Morgan fingerprint density at radius 1 is 0.706 bits per heavy atom. The molecule has 0 radical (unpaired) electrons. The third-order valence-electron chi connectivity index (χ3n) is 20.6. The topological polar surface area (TPSA) is 336 Å². The van der Waals surface area contributed by atoms with Gasteiger partial charge < -0.3 is 68.5 Å². The summed E-state index contributed by atoms with van der Waals surface area (Å²) in [6.45, 7) is 3.27. The predicted octanol–water partition coefficient (Wildman–Crippen LogP) is 7.99. The highest BCUT2D eigenvalue weighted by Crippen LogP contribution is 2.45. The lowest BCUT2D eigenvalue weighted by Gasteiger charge is -2.37. The quantitative estimate of drug-likeness (QED) is 0.0109. The van der Waals surface area contributed by atoms with Gasteiger partial charge in [0.05, 0.1) is 76.2 Å². The van der Waals surface area contributed by atoms with Crippen LogP contribution in [0.2, 0.25) is 0 Å². The maximum absolute atomic E-state index is 14.3. The van der Waals surface area contributed by atoms with E-state index < -0.39 is 60.2 Å². The molecule has 5 aliphatic rings. The minimum Gasteiger partial charge on any atom is -0.497 e. The summed E-state index contributed by atoms with van der Waals surface area (Å²) in [6, 6.07) is 43.1. The second kappa shape index (κ2) is 35.1. The van der Waals surface area contributed by atoms with E-state index in [1.54, 1.807) is 59.8 Å². The fraction of sp³-hybridized carbons (Fsp3) is 0.395. The van der Waals surface area contributed by atoms with Gasteiger partial charge in [-0.1, -0.05) is 97.1 Å². The van der Waals surface area contributed by atoms with Crippen molar-refractivity contribution < 1.29 is 81.0 Å². The van der Waals surface area contributed by atoms with Crippen molar-refractivity contribution in [2.75, 3.05) is 78.5 Å². The van der Waals surface area contributed by atoms with Crippen LogP contribution in [0.4, 0.5) is 10.5 Å². The van der Waals surface area contributed by atoms with Gasteiger partial charge in [-0.3, -0.25) is 43.8 Å². The molecular weight excluding hydrogens is 1400 g/mol. The molecule has 4 aliphatic heterocycles. The number of ether oxygens (including phenoxy) is 9. The van der Waals surface area contributed by atoms with E-state index in [0.717, 1.165) is 51.4 Å². The van der Waals surface area contributed by atoms with Crippen molar-refractivity contribution in [1.29, 1.82) is 0 Å². The van der Waals surface area contributed by atoms with Crippen molar-refractivity contribution in [1.82, 2.24) is 45.7 Å². The number of anilines is 1. The molecular formula is C81H88N10O18. The summed E-state index contributed by atoms with van der Waals surface area (Å²) < 4.78 is 53.9. The van der Waals surface area contributed by atoms with E-state index in [9.17, 15) is 43.2 Å². The Hall–Kier alpha value is -11.3. The van der Waals surface area contributed by atoms with Gasteiger partial charge in [-0.25, -0.2) is 14.3 Å². The summed E-state index contributed by atoms with van der Waals surface area (Å²) in [5.41, 5.74) is 3.93. The number of pyridine rings is 1. The summed E-state index contributed by atoms with van der Waals surface area (Å²) in [5, 5.41) is 25.3. The van der Waals surface area contributed by atoms with Gasteiger partial charge in [-0.2, -0.15) is 0 Å². The molecule has 2 atom stereocenters. The van der Waals surface area contributed by atoms with Crippen molar-refractivity contribution >= 4 is 64.0 Å². The first-order valence-electron chi connectivity index (χ1n) is 36.9. The normalized spacial score (nSPS) is 17.2. The van der Waals surface area contributed by atoms with E-state index in [1.807, 2.05) is 84.9 Å². The number of likely N-dealkylation sites (tertiary alicyclic amines) is 1. The summed E-state index contributed by atoms with van der Waals surface area (Å²) in [6.07, 6.45) is 5.28. The lowest BCUT2D eigenvalue weighted by molar-refractivity contribution is -0.175. The molecule has 5 N–H and O–H groups in total. The number of carbonyl (C=O) groups is 8. The number of benzene rings is 6. The Kier molecular flexibility index (Phi) is 24.5. The first-order valence-corrected chi connectivity index (χ1v) is 36.9. The lowest BCUT2D eigenvalue weighted by atomic mass is 9.77. The average Bonchev–Trinajstić information content (AvgIpc) is 1.67. The molecule has 0 unspecified atom stereocenters. The van der Waals surface area contributed by atoms with Gasteiger partial charge in [0.25, 0.3) is 5.56 Å². The number of carbonyl (C=O) groups excluding carboxylic acids is 8. The van der Waals surface area contributed by atoms with Crippen molar-refractivity contribution in [3.63, 3.8) is 0 Å². The van der Waals surface area contributed by atoms with E-state index >= 15 is 0 Å². The van der Waals surface area contributed by atoms with E-state index in [2.05, 4.69) is 61.2 Å². The van der Waals surface area contributed by atoms with Crippen LogP contribution in [0.5, 0.6) is 17.2 Å². The van der Waals surface area contributed by atoms with Crippen LogP contribution < -0.4 is 46.4 Å². The van der Waals surface area contributed by atoms with Crippen molar-refractivity contribution in [2.24, 2.45) is 11.8 Å². The SMILES string of the molecule is CC[C@@]1(OC(=O)OCc2ccc(NC(=O)[C@H](CCCCNC(c3ccccc3)(c3ccccc3)c3ccc(OC)cc3)NC(=O)COCC(=O)NCCOCCOCCn3cc(CNC(=O)C4CCC(CN5C(=O)CCC5=O)CC4)nn3)cc2)C(=O)OCc2c1cc1n(c2=O)Cc2cc3cc4c(cc3cc2-1)OCO4. The minimum atomic E-state index is -2.00. The molecule has 2 fully saturated rings. The number of hydrogen-bond donors (Lipinski definition) is 5. The number of methoxy groups -OCH3 is 1. The molecule has 28 heteroatoms. The molecule has 109 heavy (non-hydrogen) atoms. The van der Waals surface area contributed by atoms with Crippen LogP contribution in [0.1, 0.15) is 116 Å². The van der Waals surface area contributed by atoms with Crippen molar-refractivity contribution in [3.05, 3.63) is 201 Å². The molecule has 1 aliphatic carbocycles. The minimum absolute atomic E-state index is 0.0496. The molecule has 8 aromatic rings. The fourth-order valence-electron chi connectivity index (χ4n) is 14.8. The molecule has 0 bridgehead atoms. The van der Waals surface area contributed by atoms with Crippen LogP contribution in [0.25, 0.3) is 22.0 Å². The maximum atomic E-state index is 14.3. The zero-order chi connectivity index (χ0) is 75.9. The number of fused-ring (bicyclic) bond motifs is 6. The van der Waals surface area contributed by atoms with Crippen molar-refractivity contribution in [3.8, 4) is 28.5 Å². The van der Waals surface area contributed by atoms with Crippen molar-refractivity contribution in [2.45, 2.75) is 121 Å². The number of hydrogen-bond acceptors (Lipinski definition) is 21. The molecule has 28 nitrogen and oxygen atoms in total. The second-order valence-corrected chi connectivity index (χ2v) is 27.6. The molecule has 13 rings (SSSR count). The zero-order valence-corrected chi connectivity index (χ0v) is 60.9. The number of amides is 6. The van der Waals surface area contributed by atoms with Crippen LogP contribution in [-0.2, 0) is 106 Å². The molecule has 1 saturated carbocycles. The number of nitrogens with one attached hydrogen (secondary N) is 5. The third kappa shape index (κ3) is 17.8. The summed E-state index contributed by atoms with van der Waals surface area (Å²) in [4.78, 5) is 121. The van der Waals surface area contributed by atoms with Gasteiger partial charge in [-0.15, -0.1) is 5.10 Å². The second-order valence-electron chi connectivity index (χ2n) is 27.6. The van der Waals surface area contributed by atoms with E-state index in [0.29, 0.717) is 91.8 Å². The average molecular weight is 1490 g/mol. The molecule has 1 saturated heterocycles. The van der Waals surface area contributed by atoms with Crippen LogP contribution in [0, 0.1) is 11.8 Å². The van der Waals surface area contributed by atoms with Gasteiger partial charge in [-0.05, 0) is 157 Å². The Morgan fingerprint density at radius 3 is 2.08 bits per heavy atom. The van der Waals surface area contributed by atoms with E-state index in [-0.39, 0.29) is 131 Å². The highest BCUT2D eigenvalue weighted by Gasteiger charge is 2.51. The number of imide groups is 1. The third-order valence-corrected chi connectivity index (χ3v) is 20.6. The maximum Gasteiger partial charge on any atom is 0.510 e. The van der Waals surface area contributed by atoms with E-state index in [4.69, 9.17) is 42.6 Å². The smallest absolute Gasteiger partial charge is 0.497 e. The van der Waals surface area contributed by atoms with Gasteiger partial charge in [0.1, 0.15) is 43.9 Å². The predicted molar refractivity (Wildman–Crippen MR) is 395 cm³/mol. The number of aromatic nitrogens is 4. The monoisotopic (exact) mass is 1490 g/mol. The Balaban J connectivity index is 0.571. The lowest BCUT2D eigenvalue weighted by Crippen LogP contribution is -2.47. The molecule has 570 valence electrons. The molecule has 6 amide bonds. The zero-order valence-electron chi connectivity index (χ0n) is 60.9. The Labute approximate surface area is 628 Å². The Morgan fingerprint density at radius 2 is 1.39 bits per heavy atom. The number of esters is 1. The summed E-state index contributed by atoms with van der Waals surface area (Å²) in [5.74, 6) is -0.712. The molecule has 2 aromatic heterocycles. The summed E-state index contributed by atoms with van der Waals surface area (Å²) >= 11 is 0. The molecule has 6 heterocycles. The van der Waals surface area contributed by atoms with Crippen LogP contribution in [-0.4, -0.2) is 151 Å². The number of cyclic esters (lactones) is 1. The molecule has 0 spiro atoms. The first kappa shape index (κ1) is 75.9. The standard InChI is InChI=1S/C81H88N10O18/c1-3-80(66-42-68-64-39-56-41-70-69(107-51-108-70)40-55(56)38-57(64)45-90(68)77(98)65(66)48-105-78(80)99)109-79(100)106-47-53-19-25-61(26-20-53)85-76(97)67(16-10-11-31-84-81(58-12-6-4-7-13-58,59-14-8-5-9-15-59)60-23-27-63(101-2)28-24-60)86-72(93)50-104-49-71(92)82-32-34-102-36-37-103-35-33-89-46-62(87-88-89)43-83-75(96)54-21-17-52(18-22-54)44-91-73(94)29-30-74(91)95/h4-9,12-15,19-20,23-28,38-42,46,52,54,67,84H,3,10-11,16-18,21-22,29-37,43-45,47-51H2,1-2H3,(H,82,92)(H,83,96)(H,85,97)(H,86,93)/t52?,54?,67-,80-/m0/s1. The van der Waals surface area contributed by atoms with Gasteiger partial charge in [0, 0.05) is 48.7 Å². The van der Waals surface area contributed by atoms with Crippen LogP contribution in [0.3, 0.4) is 0 Å². The number of rotatable bonds is 35. The van der Waals surface area contributed by atoms with Gasteiger partial charge >= 0.3 is 12.1 Å². The van der Waals surface area contributed by atoms with E-state index in [1.165, 1.54) is 4.90 Å². The van der Waals surface area contributed by atoms with Gasteiger partial charge in [0.2, 0.25) is 47.8 Å². The highest BCUT2D eigenvalue weighted by atomic mass is 16.7. The van der Waals surface area contributed by atoms with Gasteiger partial charge in [0.15, 0.2) is 11.5 Å². The number of nitrogens with zero attached hydrogens (tertiary/aromatic N) is 5. The summed E-state index contributed by atoms with van der Waals surface area (Å²) in [7, 11) is 1.62.